The highest BCUT2D eigenvalue weighted by Gasteiger charge is 2.46. The van der Waals surface area contributed by atoms with Crippen LogP contribution in [0.25, 0.3) is 4.98 Å². The number of nitrogens with zero attached hydrogens (tertiary/aromatic N) is 2. The van der Waals surface area contributed by atoms with Crippen molar-refractivity contribution < 1.29 is 43.6 Å². The highest BCUT2D eigenvalue weighted by molar-refractivity contribution is 7.89. The lowest BCUT2D eigenvalue weighted by Gasteiger charge is -2.11. The molecular weight excluding hydrogens is 404 g/mol. The topological polar surface area (TPSA) is 200 Å². The molecule has 0 aromatic heterocycles. The molecule has 0 aliphatic heterocycles. The van der Waals surface area contributed by atoms with E-state index in [0.717, 1.165) is 7.11 Å². The fourth-order valence-corrected chi connectivity index (χ4v) is 5.15. The first-order chi connectivity index (χ1) is 10.2. The number of ether oxygens (including phenoxy) is 1. The van der Waals surface area contributed by atoms with Gasteiger partial charge in [0.25, 0.3) is 10.1 Å². The molecule has 0 spiro atoms. The number of halogens is 1. The molecule has 16 heteroatoms. The summed E-state index contributed by atoms with van der Waals surface area (Å²) in [7, 11) is -15.7. The van der Waals surface area contributed by atoms with Gasteiger partial charge in [0, 0.05) is 0 Å². The number of hydrogen-bond acceptors (Lipinski definition) is 8. The van der Waals surface area contributed by atoms with E-state index in [0.29, 0.717) is 0 Å². The molecule has 1 aromatic carbocycles. The van der Waals surface area contributed by atoms with Crippen LogP contribution in [0.5, 0.6) is 5.75 Å². The Hall–Kier alpha value is -1.54. The Bertz CT molecular complexity index is 1040. The first-order valence-corrected chi connectivity index (χ1v) is 9.58. The second-order valence-electron chi connectivity index (χ2n) is 3.71. The molecule has 0 heterocycles. The maximum absolute atomic E-state index is 11.3. The molecule has 0 unspecified atom stereocenters. The standard InChI is InChI=1S/C7H5ClN2O10S3/c1-20-4-2(8)5(21(11,12)13)7(23(17,18)19)3(10-9)6(4)22(14,15)16/h1H3,(H2-,11,12,13,14,15,16,17,18,19)/p+1. The van der Waals surface area contributed by atoms with Gasteiger partial charge in [0.1, 0.15) is 9.92 Å². The lowest BCUT2D eigenvalue weighted by molar-refractivity contribution is 0.394. The van der Waals surface area contributed by atoms with Crippen LogP contribution in [0.15, 0.2) is 14.7 Å². The third-order valence-electron chi connectivity index (χ3n) is 2.32. The average molecular weight is 410 g/mol. The number of diazo groups is 1. The number of hydrogen-bond donors (Lipinski definition) is 3. The molecule has 0 aliphatic carbocycles. The maximum Gasteiger partial charge on any atom is 0.432 e. The molecule has 1 rings (SSSR count). The summed E-state index contributed by atoms with van der Waals surface area (Å²) in [6.45, 7) is 0. The molecule has 0 bridgehead atoms. The summed E-state index contributed by atoms with van der Waals surface area (Å²) < 4.78 is 99.7. The molecule has 12 nitrogen and oxygen atoms in total. The van der Waals surface area contributed by atoms with Gasteiger partial charge in [-0.3, -0.25) is 13.7 Å². The first kappa shape index (κ1) is 19.5. The molecule has 0 radical (unpaired) electrons. The summed E-state index contributed by atoms with van der Waals surface area (Å²) in [5.41, 5.74) is -1.64. The van der Waals surface area contributed by atoms with Gasteiger partial charge in [0.05, 0.1) is 7.11 Å². The Kier molecular flexibility index (Phi) is 4.94. The molecule has 0 saturated heterocycles. The Morgan fingerprint density at radius 3 is 1.57 bits per heavy atom. The summed E-state index contributed by atoms with van der Waals surface area (Å²) in [5, 5.41) is 7.52. The average Bonchev–Trinajstić information content (AvgIpc) is 2.33. The van der Waals surface area contributed by atoms with Crippen LogP contribution >= 0.6 is 11.6 Å². The Balaban J connectivity index is 4.54. The molecule has 0 atom stereocenters. The van der Waals surface area contributed by atoms with Crippen molar-refractivity contribution in [2.75, 3.05) is 7.11 Å². The van der Waals surface area contributed by atoms with Crippen LogP contribution in [-0.4, -0.2) is 46.0 Å². The Morgan fingerprint density at radius 2 is 1.30 bits per heavy atom. The van der Waals surface area contributed by atoms with Gasteiger partial charge in [-0.1, -0.05) is 11.6 Å². The van der Waals surface area contributed by atoms with Crippen molar-refractivity contribution in [1.82, 2.24) is 0 Å². The van der Waals surface area contributed by atoms with Crippen molar-refractivity contribution in [1.29, 1.82) is 5.39 Å². The van der Waals surface area contributed by atoms with Gasteiger partial charge in [-0.25, -0.2) is 0 Å². The van der Waals surface area contributed by atoms with Gasteiger partial charge in [-0.15, -0.1) is 0 Å². The first-order valence-electron chi connectivity index (χ1n) is 4.89. The van der Waals surface area contributed by atoms with Gasteiger partial charge in [0.15, 0.2) is 10.7 Å². The van der Waals surface area contributed by atoms with Crippen LogP contribution in [0.4, 0.5) is 5.69 Å². The Labute approximate surface area is 134 Å². The zero-order valence-electron chi connectivity index (χ0n) is 10.7. The lowest BCUT2D eigenvalue weighted by atomic mass is 10.3. The molecule has 0 fully saturated rings. The lowest BCUT2D eigenvalue weighted by Crippen LogP contribution is -2.14. The quantitative estimate of drug-likeness (QED) is 0.463. The predicted octanol–water partition coefficient (Wildman–Crippen LogP) is 0.573. The molecule has 128 valence electrons. The van der Waals surface area contributed by atoms with Crippen LogP contribution in [0.1, 0.15) is 0 Å². The van der Waals surface area contributed by atoms with E-state index in [1.807, 2.05) is 0 Å². The fourth-order valence-electron chi connectivity index (χ4n) is 1.60. The minimum atomic E-state index is -5.60. The van der Waals surface area contributed by atoms with Crippen molar-refractivity contribution >= 4 is 47.6 Å². The highest BCUT2D eigenvalue weighted by atomic mass is 35.5. The van der Waals surface area contributed by atoms with Crippen LogP contribution in [0.3, 0.4) is 0 Å². The maximum atomic E-state index is 11.3. The van der Waals surface area contributed by atoms with Crippen LogP contribution in [-0.2, 0) is 30.4 Å². The van der Waals surface area contributed by atoms with Gasteiger partial charge < -0.3 is 4.74 Å². The van der Waals surface area contributed by atoms with Gasteiger partial charge >= 0.3 is 25.9 Å². The van der Waals surface area contributed by atoms with Gasteiger partial charge in [-0.2, -0.15) is 25.3 Å². The summed E-state index contributed by atoms with van der Waals surface area (Å²) in [6.07, 6.45) is 0. The van der Waals surface area contributed by atoms with Crippen LogP contribution < -0.4 is 4.74 Å². The number of methoxy groups -OCH3 is 1. The molecule has 1 aromatic rings. The van der Waals surface area contributed by atoms with Crippen molar-refractivity contribution in [3.05, 3.63) is 10.00 Å². The van der Waals surface area contributed by atoms with Gasteiger partial charge in [0.2, 0.25) is 15.2 Å². The normalized spacial score (nSPS) is 12.7. The zero-order chi connectivity index (χ0) is 18.4. The highest BCUT2D eigenvalue weighted by Crippen LogP contribution is 2.48. The van der Waals surface area contributed by atoms with E-state index in [1.54, 1.807) is 0 Å². The molecular formula is C7H6ClN2O10S3+. The summed E-state index contributed by atoms with van der Waals surface area (Å²) in [4.78, 5) is -2.90. The SMILES string of the molecule is COc1c(Cl)c(S(=O)(=O)O)c(S(=O)(=O)O)c([N+]#N)c1S(=O)(=O)O. The summed E-state index contributed by atoms with van der Waals surface area (Å²) in [5.74, 6) is -1.15. The molecule has 0 saturated carbocycles. The second kappa shape index (κ2) is 5.83. The third kappa shape index (κ3) is 3.53. The molecule has 3 N–H and O–H groups in total. The Morgan fingerprint density at radius 1 is 0.913 bits per heavy atom. The zero-order valence-corrected chi connectivity index (χ0v) is 13.9. The smallest absolute Gasteiger partial charge is 0.432 e. The molecule has 0 aliphatic rings. The molecule has 23 heavy (non-hydrogen) atoms. The monoisotopic (exact) mass is 409 g/mol. The van der Waals surface area contributed by atoms with Crippen LogP contribution in [0.2, 0.25) is 5.02 Å². The van der Waals surface area contributed by atoms with E-state index in [2.05, 4.69) is 9.71 Å². The van der Waals surface area contributed by atoms with E-state index in [4.69, 9.17) is 30.7 Å². The van der Waals surface area contributed by atoms with E-state index >= 15 is 0 Å². The molecule has 0 amide bonds. The second-order valence-corrected chi connectivity index (χ2v) is 8.16. The summed E-state index contributed by atoms with van der Waals surface area (Å²) >= 11 is 5.51. The van der Waals surface area contributed by atoms with E-state index in [-0.39, 0.29) is 0 Å². The summed E-state index contributed by atoms with van der Waals surface area (Å²) in [6, 6.07) is 0. The number of rotatable bonds is 4. The minimum Gasteiger partial charge on any atom is -0.493 e. The van der Waals surface area contributed by atoms with Gasteiger partial charge in [-0.05, 0) is 0 Å². The van der Waals surface area contributed by atoms with Crippen molar-refractivity contribution in [2.24, 2.45) is 0 Å². The minimum absolute atomic E-state index is 0.748. The van der Waals surface area contributed by atoms with E-state index in [9.17, 15) is 25.3 Å². The number of benzene rings is 1. The van der Waals surface area contributed by atoms with E-state index in [1.165, 1.54) is 0 Å². The fraction of sp³-hybridized carbons (Fsp3) is 0.143. The predicted molar refractivity (Wildman–Crippen MR) is 72.2 cm³/mol. The van der Waals surface area contributed by atoms with Crippen LogP contribution in [0, 0.1) is 5.39 Å². The third-order valence-corrected chi connectivity index (χ3v) is 5.65. The van der Waals surface area contributed by atoms with Crippen molar-refractivity contribution in [3.8, 4) is 5.75 Å². The van der Waals surface area contributed by atoms with Crippen molar-refractivity contribution in [3.63, 3.8) is 0 Å². The van der Waals surface area contributed by atoms with E-state index < -0.39 is 61.5 Å². The van der Waals surface area contributed by atoms with Crippen molar-refractivity contribution in [2.45, 2.75) is 14.7 Å². The largest absolute Gasteiger partial charge is 0.493 e.